The molecule has 0 radical (unpaired) electrons. The van der Waals surface area contributed by atoms with Gasteiger partial charge in [-0.05, 0) is 25.0 Å². The zero-order valence-corrected chi connectivity index (χ0v) is 13.0. The average molecular weight is 309 g/mol. The van der Waals surface area contributed by atoms with E-state index in [0.717, 1.165) is 11.3 Å². The first-order chi connectivity index (χ1) is 11.1. The summed E-state index contributed by atoms with van der Waals surface area (Å²) in [4.78, 5) is 16.6. The Morgan fingerprint density at radius 2 is 2.04 bits per heavy atom. The molecule has 1 N–H and O–H groups in total. The summed E-state index contributed by atoms with van der Waals surface area (Å²) in [6.07, 6.45) is 4.43. The fraction of sp³-hybridized carbons (Fsp3) is 0.278. The summed E-state index contributed by atoms with van der Waals surface area (Å²) in [5.74, 6) is -0.197. The van der Waals surface area contributed by atoms with Crippen LogP contribution in [0.5, 0.6) is 0 Å². The lowest BCUT2D eigenvalue weighted by Crippen LogP contribution is -2.43. The Bertz CT molecular complexity index is 716. The molecule has 2 aromatic rings. The Morgan fingerprint density at radius 3 is 2.74 bits per heavy atom. The van der Waals surface area contributed by atoms with Gasteiger partial charge in [0.1, 0.15) is 0 Å². The summed E-state index contributed by atoms with van der Waals surface area (Å²) >= 11 is 0. The van der Waals surface area contributed by atoms with Crippen molar-refractivity contribution in [3.63, 3.8) is 0 Å². The van der Waals surface area contributed by atoms with Crippen molar-refractivity contribution in [2.45, 2.75) is 31.9 Å². The topological polar surface area (TPSA) is 65.8 Å². The second-order valence-corrected chi connectivity index (χ2v) is 5.76. The zero-order valence-electron chi connectivity index (χ0n) is 13.0. The molecule has 0 bridgehead atoms. The largest absolute Gasteiger partial charge is 0.365 e. The molecule has 0 saturated carbocycles. The van der Waals surface area contributed by atoms with Crippen molar-refractivity contribution < 1.29 is 9.90 Å². The smallest absolute Gasteiger partial charge is 0.245 e. The number of carbonyl (C=O) groups is 1. The Balaban J connectivity index is 1.77. The molecule has 0 saturated heterocycles. The first-order valence-corrected chi connectivity index (χ1v) is 7.63. The van der Waals surface area contributed by atoms with E-state index in [1.165, 1.54) is 5.01 Å². The van der Waals surface area contributed by atoms with E-state index >= 15 is 0 Å². The molecule has 0 fully saturated rings. The number of rotatable bonds is 4. The van der Waals surface area contributed by atoms with Gasteiger partial charge in [-0.3, -0.25) is 9.78 Å². The molecule has 5 heteroatoms. The molecule has 1 atom stereocenters. The minimum Gasteiger partial charge on any atom is -0.365 e. The molecule has 1 amide bonds. The van der Waals surface area contributed by atoms with Crippen LogP contribution >= 0.6 is 0 Å². The molecule has 5 nitrogen and oxygen atoms in total. The molecular formula is C18H19N3O2. The Labute approximate surface area is 135 Å². The van der Waals surface area contributed by atoms with Crippen molar-refractivity contribution in [3.05, 3.63) is 66.0 Å². The highest BCUT2D eigenvalue weighted by Crippen LogP contribution is 2.35. The lowest BCUT2D eigenvalue weighted by Gasteiger charge is -2.31. The van der Waals surface area contributed by atoms with Gasteiger partial charge in [0.15, 0.2) is 5.72 Å². The van der Waals surface area contributed by atoms with Gasteiger partial charge in [-0.25, -0.2) is 0 Å². The van der Waals surface area contributed by atoms with Crippen LogP contribution in [0.4, 0.5) is 0 Å². The maximum atomic E-state index is 12.6. The number of pyridine rings is 1. The molecule has 1 aromatic heterocycles. The molecule has 3 rings (SSSR count). The van der Waals surface area contributed by atoms with Crippen LogP contribution in [0.2, 0.25) is 0 Å². The minimum atomic E-state index is -1.44. The van der Waals surface area contributed by atoms with Crippen LogP contribution in [0.3, 0.4) is 0 Å². The van der Waals surface area contributed by atoms with Gasteiger partial charge in [0.2, 0.25) is 5.91 Å². The predicted octanol–water partition coefficient (Wildman–Crippen LogP) is 2.47. The quantitative estimate of drug-likeness (QED) is 0.943. The Hall–Kier alpha value is -2.53. The van der Waals surface area contributed by atoms with Gasteiger partial charge in [0.25, 0.3) is 0 Å². The summed E-state index contributed by atoms with van der Waals surface area (Å²) in [5.41, 5.74) is 0.954. The molecule has 0 unspecified atom stereocenters. The Morgan fingerprint density at radius 1 is 1.26 bits per heavy atom. The first kappa shape index (κ1) is 15.4. The van der Waals surface area contributed by atoms with E-state index in [-0.39, 0.29) is 5.91 Å². The molecule has 1 aliphatic rings. The second kappa shape index (κ2) is 6.30. The summed E-state index contributed by atoms with van der Waals surface area (Å²) in [6.45, 7) is 1.81. The van der Waals surface area contributed by atoms with Crippen LogP contribution in [-0.4, -0.2) is 26.7 Å². The third-order valence-electron chi connectivity index (χ3n) is 3.95. The lowest BCUT2D eigenvalue weighted by atomic mass is 9.99. The molecule has 23 heavy (non-hydrogen) atoms. The molecule has 0 spiro atoms. The molecular weight excluding hydrogens is 290 g/mol. The fourth-order valence-corrected chi connectivity index (χ4v) is 2.81. The van der Waals surface area contributed by atoms with E-state index in [9.17, 15) is 9.90 Å². The van der Waals surface area contributed by atoms with Gasteiger partial charge in [-0.15, -0.1) is 0 Å². The van der Waals surface area contributed by atoms with Gasteiger partial charge < -0.3 is 5.11 Å². The first-order valence-electron chi connectivity index (χ1n) is 7.63. The minimum absolute atomic E-state index is 0.197. The number of aryl methyl sites for hydroxylation is 1. The lowest BCUT2D eigenvalue weighted by molar-refractivity contribution is -0.157. The predicted molar refractivity (Wildman–Crippen MR) is 87.5 cm³/mol. The third-order valence-corrected chi connectivity index (χ3v) is 3.95. The van der Waals surface area contributed by atoms with Crippen LogP contribution in [0.25, 0.3) is 0 Å². The fourth-order valence-electron chi connectivity index (χ4n) is 2.81. The number of hydrogen-bond acceptors (Lipinski definition) is 4. The van der Waals surface area contributed by atoms with Crippen LogP contribution in [0.1, 0.15) is 30.9 Å². The van der Waals surface area contributed by atoms with Crippen molar-refractivity contribution in [2.24, 2.45) is 5.10 Å². The summed E-state index contributed by atoms with van der Waals surface area (Å²) in [5, 5.41) is 16.5. The molecule has 2 heterocycles. The van der Waals surface area contributed by atoms with E-state index in [0.29, 0.717) is 24.8 Å². The van der Waals surface area contributed by atoms with Gasteiger partial charge in [0.05, 0.1) is 0 Å². The van der Waals surface area contributed by atoms with E-state index < -0.39 is 5.72 Å². The van der Waals surface area contributed by atoms with Crippen molar-refractivity contribution in [1.29, 1.82) is 0 Å². The van der Waals surface area contributed by atoms with Crippen molar-refractivity contribution >= 4 is 11.6 Å². The molecule has 1 aromatic carbocycles. The number of aliphatic hydroxyl groups is 1. The molecule has 118 valence electrons. The van der Waals surface area contributed by atoms with Gasteiger partial charge in [-0.1, -0.05) is 36.4 Å². The van der Waals surface area contributed by atoms with Crippen molar-refractivity contribution in [3.8, 4) is 0 Å². The highest BCUT2D eigenvalue weighted by Gasteiger charge is 2.44. The van der Waals surface area contributed by atoms with Gasteiger partial charge in [-0.2, -0.15) is 10.1 Å². The Kier molecular flexibility index (Phi) is 4.21. The summed E-state index contributed by atoms with van der Waals surface area (Å²) in [7, 11) is 0. The average Bonchev–Trinajstić information content (AvgIpc) is 2.90. The van der Waals surface area contributed by atoms with E-state index in [4.69, 9.17) is 0 Å². The van der Waals surface area contributed by atoms with Crippen LogP contribution in [0.15, 0.2) is 60.0 Å². The molecule has 1 aliphatic heterocycles. The number of nitrogens with zero attached hydrogens (tertiary/aromatic N) is 3. The zero-order chi connectivity index (χ0) is 16.3. The summed E-state index contributed by atoms with van der Waals surface area (Å²) in [6, 6.07) is 13.3. The number of hydrazone groups is 1. The van der Waals surface area contributed by atoms with Gasteiger partial charge >= 0.3 is 0 Å². The number of aromatic nitrogens is 1. The standard InChI is InChI=1S/C18H19N3O2/c1-14-12-18(23,16-8-5-11-19-13-16)21(20-14)17(22)10-9-15-6-3-2-4-7-15/h2-8,11,13,23H,9-10,12H2,1H3/t18-/m1/s1. The van der Waals surface area contributed by atoms with Crippen molar-refractivity contribution in [2.75, 3.05) is 0 Å². The number of amides is 1. The summed E-state index contributed by atoms with van der Waals surface area (Å²) < 4.78 is 0. The van der Waals surface area contributed by atoms with E-state index in [2.05, 4.69) is 10.1 Å². The third kappa shape index (κ3) is 3.14. The highest BCUT2D eigenvalue weighted by molar-refractivity contribution is 5.89. The highest BCUT2D eigenvalue weighted by atomic mass is 16.3. The van der Waals surface area contributed by atoms with E-state index in [1.807, 2.05) is 37.3 Å². The van der Waals surface area contributed by atoms with Gasteiger partial charge in [0, 0.05) is 36.5 Å². The van der Waals surface area contributed by atoms with Crippen LogP contribution in [-0.2, 0) is 16.9 Å². The second-order valence-electron chi connectivity index (χ2n) is 5.76. The van der Waals surface area contributed by atoms with E-state index in [1.54, 1.807) is 24.5 Å². The SMILES string of the molecule is CC1=NN(C(=O)CCc2ccccc2)[C@](O)(c2cccnc2)C1. The maximum absolute atomic E-state index is 12.6. The van der Waals surface area contributed by atoms with Crippen LogP contribution < -0.4 is 0 Å². The van der Waals surface area contributed by atoms with Crippen molar-refractivity contribution in [1.82, 2.24) is 9.99 Å². The number of carbonyl (C=O) groups excluding carboxylic acids is 1. The number of hydrogen-bond donors (Lipinski definition) is 1. The van der Waals surface area contributed by atoms with Crippen LogP contribution in [0, 0.1) is 0 Å². The maximum Gasteiger partial charge on any atom is 0.245 e. The monoisotopic (exact) mass is 309 g/mol. The normalized spacial score (nSPS) is 20.4. The molecule has 0 aliphatic carbocycles. The number of benzene rings is 1.